The average molecular weight is 430 g/mol. The fourth-order valence-electron chi connectivity index (χ4n) is 1.92. The molecule has 152 valence electrons. The number of hydrogen-bond acceptors (Lipinski definition) is 3. The van der Waals surface area contributed by atoms with Crippen LogP contribution >= 0.6 is 0 Å². The predicted octanol–water partition coefficient (Wildman–Crippen LogP) is 4.36. The number of alkyl halides is 6. The number of halogens is 7. The highest BCUT2D eigenvalue weighted by molar-refractivity contribution is 7.93. The lowest BCUT2D eigenvalue weighted by Crippen LogP contribution is -2.30. The zero-order chi connectivity index (χ0) is 21.3. The lowest BCUT2D eigenvalue weighted by atomic mass is 10.1. The standard InChI is InChI=1S/C15H9F7N2O3S/c16-11-7-10(4-5-12(11)24-28(26,27)15(20,21)22)23-13(25)8-2-1-3-9(6-8)14(17,18)19/h1-7,24H,(H,23,25). The van der Waals surface area contributed by atoms with Gasteiger partial charge >= 0.3 is 21.7 Å². The van der Waals surface area contributed by atoms with Crippen LogP contribution in [0.4, 0.5) is 42.1 Å². The number of amides is 1. The fourth-order valence-corrected chi connectivity index (χ4v) is 2.49. The van der Waals surface area contributed by atoms with Crippen LogP contribution < -0.4 is 10.0 Å². The number of carbonyl (C=O) groups excluding carboxylic acids is 1. The smallest absolute Gasteiger partial charge is 0.322 e. The van der Waals surface area contributed by atoms with Crippen LogP contribution in [0.1, 0.15) is 15.9 Å². The number of benzene rings is 2. The molecule has 0 heterocycles. The summed E-state index contributed by atoms with van der Waals surface area (Å²) in [6, 6.07) is 5.30. The number of rotatable bonds is 4. The van der Waals surface area contributed by atoms with Crippen molar-refractivity contribution in [3.05, 3.63) is 59.4 Å². The maximum atomic E-state index is 13.8. The van der Waals surface area contributed by atoms with Crippen LogP contribution in [0.2, 0.25) is 0 Å². The van der Waals surface area contributed by atoms with Crippen LogP contribution in [0, 0.1) is 5.82 Å². The summed E-state index contributed by atoms with van der Waals surface area (Å²) in [6.07, 6.45) is -4.69. The molecule has 2 aromatic carbocycles. The van der Waals surface area contributed by atoms with Gasteiger partial charge < -0.3 is 5.32 Å². The van der Waals surface area contributed by atoms with Crippen molar-refractivity contribution < 1.29 is 43.9 Å². The molecule has 0 spiro atoms. The fraction of sp³-hybridized carbons (Fsp3) is 0.133. The van der Waals surface area contributed by atoms with Crippen LogP contribution in [0.25, 0.3) is 0 Å². The molecular formula is C15H9F7N2O3S. The molecule has 0 saturated carbocycles. The summed E-state index contributed by atoms with van der Waals surface area (Å²) in [6.45, 7) is 0. The Labute approximate surface area is 153 Å². The van der Waals surface area contributed by atoms with Gasteiger partial charge in [-0.25, -0.2) is 4.39 Å². The summed E-state index contributed by atoms with van der Waals surface area (Å²) >= 11 is 0. The predicted molar refractivity (Wildman–Crippen MR) is 84.4 cm³/mol. The van der Waals surface area contributed by atoms with E-state index in [2.05, 4.69) is 5.32 Å². The van der Waals surface area contributed by atoms with E-state index in [1.807, 2.05) is 0 Å². The number of carbonyl (C=O) groups is 1. The zero-order valence-corrected chi connectivity index (χ0v) is 14.1. The molecule has 0 aliphatic carbocycles. The Morgan fingerprint density at radius 1 is 0.929 bits per heavy atom. The molecule has 2 N–H and O–H groups in total. The Bertz CT molecular complexity index is 1000. The van der Waals surface area contributed by atoms with Gasteiger partial charge in [-0.3, -0.25) is 9.52 Å². The van der Waals surface area contributed by atoms with Crippen LogP contribution in [-0.2, 0) is 16.2 Å². The largest absolute Gasteiger partial charge is 0.516 e. The third-order valence-corrected chi connectivity index (χ3v) is 4.33. The molecule has 13 heteroatoms. The third kappa shape index (κ3) is 4.91. The monoisotopic (exact) mass is 430 g/mol. The maximum absolute atomic E-state index is 13.8. The first-order chi connectivity index (χ1) is 12.7. The Balaban J connectivity index is 2.20. The van der Waals surface area contributed by atoms with Gasteiger partial charge in [0.05, 0.1) is 11.3 Å². The average Bonchev–Trinajstić information content (AvgIpc) is 2.55. The highest BCUT2D eigenvalue weighted by atomic mass is 32.2. The summed E-state index contributed by atoms with van der Waals surface area (Å²) in [4.78, 5) is 12.0. The van der Waals surface area contributed by atoms with Gasteiger partial charge in [-0.1, -0.05) is 6.07 Å². The van der Waals surface area contributed by atoms with Gasteiger partial charge in [-0.15, -0.1) is 0 Å². The minimum Gasteiger partial charge on any atom is -0.322 e. The molecule has 0 unspecified atom stereocenters. The van der Waals surface area contributed by atoms with E-state index in [1.165, 1.54) is 0 Å². The third-order valence-electron chi connectivity index (χ3n) is 3.23. The van der Waals surface area contributed by atoms with Gasteiger partial charge in [0.15, 0.2) is 0 Å². The molecule has 1 amide bonds. The molecule has 28 heavy (non-hydrogen) atoms. The maximum Gasteiger partial charge on any atom is 0.516 e. The summed E-state index contributed by atoms with van der Waals surface area (Å²) in [5, 5.41) is 2.05. The van der Waals surface area contributed by atoms with E-state index < -0.39 is 50.2 Å². The van der Waals surface area contributed by atoms with Gasteiger partial charge in [0.1, 0.15) is 5.82 Å². The number of nitrogens with one attached hydrogen (secondary N) is 2. The van der Waals surface area contributed by atoms with Crippen LogP contribution in [-0.4, -0.2) is 19.8 Å². The van der Waals surface area contributed by atoms with E-state index in [-0.39, 0.29) is 5.69 Å². The second kappa shape index (κ2) is 7.30. The molecule has 0 saturated heterocycles. The van der Waals surface area contributed by atoms with Crippen LogP contribution in [0.15, 0.2) is 42.5 Å². The normalized spacial score (nSPS) is 12.5. The van der Waals surface area contributed by atoms with Crippen molar-refractivity contribution in [2.45, 2.75) is 11.7 Å². The van der Waals surface area contributed by atoms with E-state index in [4.69, 9.17) is 0 Å². The minimum absolute atomic E-state index is 0.324. The lowest BCUT2D eigenvalue weighted by Gasteiger charge is -2.12. The van der Waals surface area contributed by atoms with Crippen molar-refractivity contribution in [2.24, 2.45) is 0 Å². The van der Waals surface area contributed by atoms with E-state index >= 15 is 0 Å². The van der Waals surface area contributed by atoms with Crippen molar-refractivity contribution in [1.82, 2.24) is 0 Å². The molecular weight excluding hydrogens is 421 g/mol. The molecule has 2 rings (SSSR count). The van der Waals surface area contributed by atoms with Gasteiger partial charge in [0.2, 0.25) is 0 Å². The Morgan fingerprint density at radius 3 is 2.11 bits per heavy atom. The Kier molecular flexibility index (Phi) is 5.59. The van der Waals surface area contributed by atoms with E-state index in [1.54, 1.807) is 0 Å². The second-order valence-corrected chi connectivity index (χ2v) is 6.95. The summed E-state index contributed by atoms with van der Waals surface area (Å²) in [5.41, 5.74) is -8.53. The molecule has 0 aliphatic rings. The first kappa shape index (κ1) is 21.5. The van der Waals surface area contributed by atoms with E-state index in [0.717, 1.165) is 29.0 Å². The molecule has 5 nitrogen and oxygen atoms in total. The molecule has 0 fully saturated rings. The highest BCUT2D eigenvalue weighted by Gasteiger charge is 2.46. The molecule has 2 aromatic rings. The van der Waals surface area contributed by atoms with E-state index in [0.29, 0.717) is 18.2 Å². The molecule has 0 aliphatic heterocycles. The number of anilines is 2. The number of hydrogen-bond donors (Lipinski definition) is 2. The Morgan fingerprint density at radius 2 is 1.57 bits per heavy atom. The molecule has 0 radical (unpaired) electrons. The van der Waals surface area contributed by atoms with E-state index in [9.17, 15) is 43.9 Å². The molecule has 0 bridgehead atoms. The van der Waals surface area contributed by atoms with Crippen molar-refractivity contribution in [2.75, 3.05) is 10.0 Å². The molecule has 0 aromatic heterocycles. The quantitative estimate of drug-likeness (QED) is 0.708. The second-order valence-electron chi connectivity index (χ2n) is 5.28. The topological polar surface area (TPSA) is 75.3 Å². The van der Waals surface area contributed by atoms with Crippen molar-refractivity contribution in [1.29, 1.82) is 0 Å². The number of sulfonamides is 1. The van der Waals surface area contributed by atoms with Crippen molar-refractivity contribution in [3.63, 3.8) is 0 Å². The lowest BCUT2D eigenvalue weighted by molar-refractivity contribution is -0.137. The van der Waals surface area contributed by atoms with Gasteiger partial charge in [-0.05, 0) is 36.4 Å². The summed E-state index contributed by atoms with van der Waals surface area (Å²) < 4.78 is 112. The minimum atomic E-state index is -5.85. The van der Waals surface area contributed by atoms with Crippen LogP contribution in [0.5, 0.6) is 0 Å². The summed E-state index contributed by atoms with van der Waals surface area (Å²) in [7, 11) is -5.85. The van der Waals surface area contributed by atoms with Gasteiger partial charge in [0.25, 0.3) is 5.91 Å². The van der Waals surface area contributed by atoms with Gasteiger partial charge in [-0.2, -0.15) is 34.8 Å². The zero-order valence-electron chi connectivity index (χ0n) is 13.3. The molecule has 0 atom stereocenters. The SMILES string of the molecule is O=C(Nc1ccc(NS(=O)(=O)C(F)(F)F)c(F)c1)c1cccc(C(F)(F)F)c1. The van der Waals surface area contributed by atoms with Gasteiger partial charge in [0, 0.05) is 11.3 Å². The first-order valence-electron chi connectivity index (χ1n) is 7.08. The first-order valence-corrected chi connectivity index (χ1v) is 8.56. The Hall–Kier alpha value is -2.83. The van der Waals surface area contributed by atoms with Crippen molar-refractivity contribution in [3.8, 4) is 0 Å². The highest BCUT2D eigenvalue weighted by Crippen LogP contribution is 2.30. The summed E-state index contributed by atoms with van der Waals surface area (Å²) in [5.74, 6) is -2.50. The van der Waals surface area contributed by atoms with Crippen LogP contribution in [0.3, 0.4) is 0 Å². The van der Waals surface area contributed by atoms with Crippen molar-refractivity contribution >= 4 is 27.3 Å².